The van der Waals surface area contributed by atoms with Crippen molar-refractivity contribution in [1.29, 1.82) is 0 Å². The Kier molecular flexibility index (Phi) is 5.45. The van der Waals surface area contributed by atoms with Crippen LogP contribution >= 0.6 is 0 Å². The van der Waals surface area contributed by atoms with Gasteiger partial charge in [-0.05, 0) is 44.7 Å². The third-order valence-corrected chi connectivity index (χ3v) is 4.25. The van der Waals surface area contributed by atoms with Gasteiger partial charge in [-0.2, -0.15) is 0 Å². The molecule has 0 aromatic heterocycles. The Morgan fingerprint density at radius 2 is 2.00 bits per heavy atom. The van der Waals surface area contributed by atoms with Crippen LogP contribution in [0.2, 0.25) is 0 Å². The summed E-state index contributed by atoms with van der Waals surface area (Å²) in [5.74, 6) is 0.280. The van der Waals surface area contributed by atoms with E-state index in [1.54, 1.807) is 0 Å². The molecule has 0 N–H and O–H groups in total. The second-order valence-electron chi connectivity index (χ2n) is 5.49. The van der Waals surface area contributed by atoms with Gasteiger partial charge in [-0.3, -0.25) is 4.79 Å². The molecule has 0 saturated carbocycles. The first kappa shape index (κ1) is 14.9. The molecule has 1 fully saturated rings. The molecule has 0 spiro atoms. The van der Waals surface area contributed by atoms with Crippen LogP contribution in [0.5, 0.6) is 0 Å². The fourth-order valence-corrected chi connectivity index (χ4v) is 3.03. The molecule has 2 rings (SSSR count). The monoisotopic (exact) mass is 274 g/mol. The maximum absolute atomic E-state index is 12.6. The molecule has 1 aromatic rings. The Balaban J connectivity index is 2.01. The van der Waals surface area contributed by atoms with Gasteiger partial charge in [0, 0.05) is 24.8 Å². The minimum atomic E-state index is 0.280. The van der Waals surface area contributed by atoms with Crippen LogP contribution in [0.4, 0.5) is 5.69 Å². The molecular weight excluding hydrogens is 248 g/mol. The van der Waals surface area contributed by atoms with Crippen molar-refractivity contribution in [2.45, 2.75) is 45.6 Å². The Hall–Kier alpha value is -1.51. The zero-order chi connectivity index (χ0) is 14.4. The fraction of sp³-hybridized carbons (Fsp3) is 0.588. The molecule has 0 bridgehead atoms. The van der Waals surface area contributed by atoms with Crippen LogP contribution in [0.25, 0.3) is 0 Å². The van der Waals surface area contributed by atoms with Gasteiger partial charge in [0.05, 0.1) is 6.54 Å². The number of likely N-dealkylation sites (tertiary alicyclic amines) is 1. The van der Waals surface area contributed by atoms with Crippen molar-refractivity contribution in [3.8, 4) is 0 Å². The summed E-state index contributed by atoms with van der Waals surface area (Å²) >= 11 is 0. The van der Waals surface area contributed by atoms with Crippen molar-refractivity contribution < 1.29 is 4.79 Å². The first-order valence-corrected chi connectivity index (χ1v) is 7.85. The van der Waals surface area contributed by atoms with E-state index in [2.05, 4.69) is 35.8 Å². The number of piperidine rings is 1. The van der Waals surface area contributed by atoms with Gasteiger partial charge in [-0.25, -0.2) is 0 Å². The Labute approximate surface area is 122 Å². The molecular formula is C17H26N2O. The van der Waals surface area contributed by atoms with E-state index < -0.39 is 0 Å². The van der Waals surface area contributed by atoms with E-state index in [4.69, 9.17) is 0 Å². The Bertz CT molecular complexity index is 418. The molecule has 3 nitrogen and oxygen atoms in total. The van der Waals surface area contributed by atoms with Crippen molar-refractivity contribution in [3.05, 3.63) is 30.3 Å². The molecule has 1 aliphatic rings. The predicted octanol–water partition coefficient (Wildman–Crippen LogP) is 3.30. The van der Waals surface area contributed by atoms with Crippen molar-refractivity contribution in [2.75, 3.05) is 24.5 Å². The van der Waals surface area contributed by atoms with Gasteiger partial charge in [0.2, 0.25) is 5.91 Å². The molecule has 1 amide bonds. The number of likely N-dealkylation sites (N-methyl/N-ethyl adjacent to an activating group) is 1. The lowest BCUT2D eigenvalue weighted by Crippen LogP contribution is -2.48. The first-order chi connectivity index (χ1) is 9.76. The fourth-order valence-electron chi connectivity index (χ4n) is 3.03. The van der Waals surface area contributed by atoms with Crippen LogP contribution in [-0.2, 0) is 4.79 Å². The number of rotatable bonds is 5. The van der Waals surface area contributed by atoms with Gasteiger partial charge in [0.25, 0.3) is 0 Å². The van der Waals surface area contributed by atoms with E-state index in [1.165, 1.54) is 12.8 Å². The summed E-state index contributed by atoms with van der Waals surface area (Å²) in [6, 6.07) is 10.7. The molecule has 110 valence electrons. The highest BCUT2D eigenvalue weighted by molar-refractivity contribution is 5.81. The third kappa shape index (κ3) is 3.53. The number of nitrogens with zero attached hydrogens (tertiary/aromatic N) is 2. The van der Waals surface area contributed by atoms with Gasteiger partial charge in [0.1, 0.15) is 0 Å². The van der Waals surface area contributed by atoms with E-state index in [1.807, 2.05) is 18.2 Å². The second kappa shape index (κ2) is 7.32. The zero-order valence-corrected chi connectivity index (χ0v) is 12.7. The number of anilines is 1. The summed E-state index contributed by atoms with van der Waals surface area (Å²) in [4.78, 5) is 16.9. The molecule has 1 heterocycles. The number of carbonyl (C=O) groups is 1. The molecule has 0 radical (unpaired) electrons. The number of amides is 1. The highest BCUT2D eigenvalue weighted by Crippen LogP contribution is 2.20. The average Bonchev–Trinajstić information content (AvgIpc) is 2.53. The number of hydrogen-bond acceptors (Lipinski definition) is 2. The molecule has 20 heavy (non-hydrogen) atoms. The third-order valence-electron chi connectivity index (χ3n) is 4.25. The predicted molar refractivity (Wildman–Crippen MR) is 84.0 cm³/mol. The van der Waals surface area contributed by atoms with Gasteiger partial charge >= 0.3 is 0 Å². The molecule has 1 unspecified atom stereocenters. The molecule has 1 aromatic carbocycles. The largest absolute Gasteiger partial charge is 0.362 e. The van der Waals surface area contributed by atoms with Crippen LogP contribution in [0.15, 0.2) is 30.3 Å². The van der Waals surface area contributed by atoms with Crippen molar-refractivity contribution in [1.82, 2.24) is 4.90 Å². The number of para-hydroxylation sites is 1. The maximum Gasteiger partial charge on any atom is 0.242 e. The Morgan fingerprint density at radius 1 is 1.25 bits per heavy atom. The first-order valence-electron chi connectivity index (χ1n) is 7.85. The lowest BCUT2D eigenvalue weighted by atomic mass is 10.00. The Morgan fingerprint density at radius 3 is 2.65 bits per heavy atom. The SMILES string of the molecule is CCC1CCCCN1C(=O)CN(CC)c1ccccc1. The normalized spacial score (nSPS) is 18.9. The quantitative estimate of drug-likeness (QED) is 0.822. The zero-order valence-electron chi connectivity index (χ0n) is 12.7. The standard InChI is InChI=1S/C17H26N2O/c1-3-15-10-8-9-13-19(15)17(20)14-18(4-2)16-11-6-5-7-12-16/h5-7,11-12,15H,3-4,8-10,13-14H2,1-2H3. The van der Waals surface area contributed by atoms with E-state index >= 15 is 0 Å². The summed E-state index contributed by atoms with van der Waals surface area (Å²) < 4.78 is 0. The summed E-state index contributed by atoms with van der Waals surface area (Å²) in [5, 5.41) is 0. The molecule has 0 aliphatic carbocycles. The van der Waals surface area contributed by atoms with E-state index in [0.29, 0.717) is 12.6 Å². The van der Waals surface area contributed by atoms with Crippen LogP contribution in [0.1, 0.15) is 39.5 Å². The van der Waals surface area contributed by atoms with Gasteiger partial charge in [0.15, 0.2) is 0 Å². The second-order valence-corrected chi connectivity index (χ2v) is 5.49. The number of benzene rings is 1. The molecule has 1 atom stereocenters. The van der Waals surface area contributed by atoms with Crippen molar-refractivity contribution >= 4 is 11.6 Å². The minimum absolute atomic E-state index is 0.280. The van der Waals surface area contributed by atoms with Crippen LogP contribution < -0.4 is 4.90 Å². The summed E-state index contributed by atoms with van der Waals surface area (Å²) in [5.41, 5.74) is 1.13. The topological polar surface area (TPSA) is 23.6 Å². The van der Waals surface area contributed by atoms with Crippen LogP contribution in [-0.4, -0.2) is 36.5 Å². The van der Waals surface area contributed by atoms with E-state index in [9.17, 15) is 4.79 Å². The molecule has 1 aliphatic heterocycles. The lowest BCUT2D eigenvalue weighted by Gasteiger charge is -2.37. The summed E-state index contributed by atoms with van der Waals surface area (Å²) in [7, 11) is 0. The van der Waals surface area contributed by atoms with E-state index in [0.717, 1.165) is 31.6 Å². The molecule has 3 heteroatoms. The highest BCUT2D eigenvalue weighted by Gasteiger charge is 2.26. The smallest absolute Gasteiger partial charge is 0.242 e. The number of hydrogen-bond donors (Lipinski definition) is 0. The van der Waals surface area contributed by atoms with Gasteiger partial charge < -0.3 is 9.80 Å². The average molecular weight is 274 g/mol. The maximum atomic E-state index is 12.6. The van der Waals surface area contributed by atoms with Crippen LogP contribution in [0, 0.1) is 0 Å². The minimum Gasteiger partial charge on any atom is -0.362 e. The number of carbonyl (C=O) groups excluding carboxylic acids is 1. The summed E-state index contributed by atoms with van der Waals surface area (Å²) in [6.45, 7) is 6.58. The summed E-state index contributed by atoms with van der Waals surface area (Å²) in [6.07, 6.45) is 4.65. The van der Waals surface area contributed by atoms with Crippen molar-refractivity contribution in [3.63, 3.8) is 0 Å². The molecule has 1 saturated heterocycles. The van der Waals surface area contributed by atoms with Crippen molar-refractivity contribution in [2.24, 2.45) is 0 Å². The highest BCUT2D eigenvalue weighted by atomic mass is 16.2. The van der Waals surface area contributed by atoms with Crippen LogP contribution in [0.3, 0.4) is 0 Å². The van der Waals surface area contributed by atoms with Gasteiger partial charge in [-0.15, -0.1) is 0 Å². The lowest BCUT2D eigenvalue weighted by molar-refractivity contribution is -0.133. The van der Waals surface area contributed by atoms with E-state index in [-0.39, 0.29) is 5.91 Å². The van der Waals surface area contributed by atoms with Gasteiger partial charge in [-0.1, -0.05) is 25.1 Å².